The number of esters is 1. The molecule has 1 aliphatic rings. The molecule has 1 aromatic carbocycles. The number of H-pyrrole nitrogens is 1. The molecular formula is C21H23N3O5. The summed E-state index contributed by atoms with van der Waals surface area (Å²) < 4.78 is 5.06. The van der Waals surface area contributed by atoms with Crippen LogP contribution in [0, 0.1) is 13.8 Å². The first-order valence-corrected chi connectivity index (χ1v) is 9.35. The fraction of sp³-hybridized carbons (Fsp3) is 0.333. The fourth-order valence-corrected chi connectivity index (χ4v) is 3.53. The molecule has 0 radical (unpaired) electrons. The molecule has 1 aliphatic heterocycles. The van der Waals surface area contributed by atoms with E-state index in [9.17, 15) is 19.2 Å². The molecule has 0 saturated carbocycles. The molecular weight excluding hydrogens is 374 g/mol. The first-order valence-electron chi connectivity index (χ1n) is 9.35. The van der Waals surface area contributed by atoms with Gasteiger partial charge in [0.25, 0.3) is 5.91 Å². The molecule has 2 aromatic rings. The van der Waals surface area contributed by atoms with Crippen molar-refractivity contribution in [1.29, 1.82) is 0 Å². The maximum absolute atomic E-state index is 12.3. The van der Waals surface area contributed by atoms with Gasteiger partial charge in [0.05, 0.1) is 0 Å². The molecule has 1 aromatic heterocycles. The van der Waals surface area contributed by atoms with Gasteiger partial charge in [0, 0.05) is 35.6 Å². The number of rotatable bonds is 6. The summed E-state index contributed by atoms with van der Waals surface area (Å²) in [6.07, 6.45) is 1.40. The number of aryl methyl sites for hydroxylation is 1. The molecule has 1 fully saturated rings. The summed E-state index contributed by atoms with van der Waals surface area (Å²) in [6.45, 7) is 5.02. The number of Topliss-reactive ketones (excluding diaryl/α,β-unsaturated/α-hetero) is 1. The predicted octanol–water partition coefficient (Wildman–Crippen LogP) is 2.76. The smallest absolute Gasteiger partial charge is 0.355 e. The Hall–Kier alpha value is -3.42. The maximum atomic E-state index is 12.3. The second-order valence-electron chi connectivity index (χ2n) is 7.00. The lowest BCUT2D eigenvalue weighted by Gasteiger charge is -2.16. The number of nitrogens with zero attached hydrogens (tertiary/aromatic N) is 1. The number of aromatic nitrogens is 1. The molecule has 29 heavy (non-hydrogen) atoms. The molecule has 8 nitrogen and oxygen atoms in total. The maximum Gasteiger partial charge on any atom is 0.355 e. The first-order chi connectivity index (χ1) is 13.8. The van der Waals surface area contributed by atoms with Gasteiger partial charge in [0.1, 0.15) is 5.69 Å². The van der Waals surface area contributed by atoms with Crippen molar-refractivity contribution in [2.75, 3.05) is 23.4 Å². The molecule has 0 aliphatic carbocycles. The molecule has 0 atom stereocenters. The molecule has 0 spiro atoms. The quantitative estimate of drug-likeness (QED) is 0.575. The van der Waals surface area contributed by atoms with Gasteiger partial charge in [-0.1, -0.05) is 0 Å². The van der Waals surface area contributed by atoms with E-state index in [1.54, 1.807) is 43.0 Å². The number of aromatic amines is 1. The molecule has 8 heteroatoms. The number of ketones is 1. The van der Waals surface area contributed by atoms with E-state index in [1.807, 2.05) is 0 Å². The van der Waals surface area contributed by atoms with Crippen LogP contribution in [0.4, 0.5) is 11.4 Å². The third kappa shape index (κ3) is 4.37. The van der Waals surface area contributed by atoms with E-state index in [0.717, 1.165) is 12.1 Å². The van der Waals surface area contributed by atoms with Gasteiger partial charge in [-0.2, -0.15) is 0 Å². The van der Waals surface area contributed by atoms with Crippen LogP contribution in [0.5, 0.6) is 0 Å². The minimum Gasteiger partial charge on any atom is -0.451 e. The highest BCUT2D eigenvalue weighted by Gasteiger charge is 2.22. The topological polar surface area (TPSA) is 109 Å². The van der Waals surface area contributed by atoms with Gasteiger partial charge >= 0.3 is 5.97 Å². The number of amides is 2. The Kier molecular flexibility index (Phi) is 5.81. The van der Waals surface area contributed by atoms with E-state index in [-0.39, 0.29) is 17.4 Å². The van der Waals surface area contributed by atoms with Crippen molar-refractivity contribution in [3.8, 4) is 0 Å². The van der Waals surface area contributed by atoms with Crippen LogP contribution in [0.2, 0.25) is 0 Å². The minimum absolute atomic E-state index is 0.0940. The van der Waals surface area contributed by atoms with Crippen molar-refractivity contribution in [3.05, 3.63) is 46.8 Å². The van der Waals surface area contributed by atoms with Crippen LogP contribution >= 0.6 is 0 Å². The number of hydrogen-bond donors (Lipinski definition) is 2. The number of carbonyl (C=O) groups excluding carboxylic acids is 4. The lowest BCUT2D eigenvalue weighted by Crippen LogP contribution is -2.24. The van der Waals surface area contributed by atoms with Crippen molar-refractivity contribution in [2.45, 2.75) is 33.6 Å². The van der Waals surface area contributed by atoms with Crippen LogP contribution in [-0.2, 0) is 14.3 Å². The monoisotopic (exact) mass is 397 g/mol. The van der Waals surface area contributed by atoms with Crippen LogP contribution in [-0.4, -0.2) is 41.7 Å². The standard InChI is InChI=1S/C21H23N3O5/c1-12-19(14(3)25)13(2)22-20(12)21(28)29-11-17(26)23-15-6-8-16(9-7-15)24-10-4-5-18(24)27/h6-9,22H,4-5,10-11H2,1-3H3,(H,23,26). The third-order valence-corrected chi connectivity index (χ3v) is 4.86. The van der Waals surface area contributed by atoms with E-state index in [0.29, 0.717) is 35.5 Å². The largest absolute Gasteiger partial charge is 0.451 e. The van der Waals surface area contributed by atoms with Crippen molar-refractivity contribution in [1.82, 2.24) is 4.98 Å². The van der Waals surface area contributed by atoms with E-state index < -0.39 is 18.5 Å². The van der Waals surface area contributed by atoms with E-state index in [2.05, 4.69) is 10.3 Å². The van der Waals surface area contributed by atoms with Gasteiger partial charge in [-0.15, -0.1) is 0 Å². The molecule has 152 valence electrons. The Morgan fingerprint density at radius 3 is 2.41 bits per heavy atom. The fourth-order valence-electron chi connectivity index (χ4n) is 3.53. The Morgan fingerprint density at radius 1 is 1.17 bits per heavy atom. The Balaban J connectivity index is 1.56. The highest BCUT2D eigenvalue weighted by Crippen LogP contribution is 2.23. The van der Waals surface area contributed by atoms with Crippen LogP contribution in [0.1, 0.15) is 51.9 Å². The number of hydrogen-bond acceptors (Lipinski definition) is 5. The number of carbonyl (C=O) groups is 4. The van der Waals surface area contributed by atoms with Crippen molar-refractivity contribution in [3.63, 3.8) is 0 Å². The number of ether oxygens (including phenoxy) is 1. The average Bonchev–Trinajstić information content (AvgIpc) is 3.23. The minimum atomic E-state index is -0.698. The lowest BCUT2D eigenvalue weighted by molar-refractivity contribution is -0.119. The lowest BCUT2D eigenvalue weighted by atomic mass is 10.1. The van der Waals surface area contributed by atoms with Gasteiger partial charge in [-0.05, 0) is 57.0 Å². The highest BCUT2D eigenvalue weighted by atomic mass is 16.5. The Morgan fingerprint density at radius 2 is 1.86 bits per heavy atom. The number of benzene rings is 1. The predicted molar refractivity (Wildman–Crippen MR) is 107 cm³/mol. The van der Waals surface area contributed by atoms with Crippen molar-refractivity contribution in [2.24, 2.45) is 0 Å². The van der Waals surface area contributed by atoms with Gasteiger partial charge in [0.2, 0.25) is 5.91 Å². The van der Waals surface area contributed by atoms with Crippen LogP contribution in [0.25, 0.3) is 0 Å². The van der Waals surface area contributed by atoms with Crippen LogP contribution < -0.4 is 10.2 Å². The molecule has 0 bridgehead atoms. The van der Waals surface area contributed by atoms with Crippen LogP contribution in [0.15, 0.2) is 24.3 Å². The second kappa shape index (κ2) is 8.30. The zero-order valence-electron chi connectivity index (χ0n) is 16.6. The Labute approximate surface area is 168 Å². The van der Waals surface area contributed by atoms with E-state index in [4.69, 9.17) is 4.74 Å². The van der Waals surface area contributed by atoms with E-state index in [1.165, 1.54) is 6.92 Å². The number of anilines is 2. The molecule has 3 rings (SSSR count). The summed E-state index contributed by atoms with van der Waals surface area (Å²) >= 11 is 0. The molecule has 2 amide bonds. The second-order valence-corrected chi connectivity index (χ2v) is 7.00. The molecule has 1 saturated heterocycles. The zero-order valence-corrected chi connectivity index (χ0v) is 16.6. The first kappa shape index (κ1) is 20.3. The SMILES string of the molecule is CC(=O)c1c(C)[nH]c(C(=O)OCC(=O)Nc2ccc(N3CCCC3=O)cc2)c1C. The highest BCUT2D eigenvalue weighted by molar-refractivity contribution is 6.02. The van der Waals surface area contributed by atoms with Crippen molar-refractivity contribution < 1.29 is 23.9 Å². The van der Waals surface area contributed by atoms with Gasteiger partial charge < -0.3 is 19.9 Å². The zero-order chi connectivity index (χ0) is 21.1. The van der Waals surface area contributed by atoms with Crippen molar-refractivity contribution >= 4 is 34.9 Å². The molecule has 2 heterocycles. The normalized spacial score (nSPS) is 13.5. The Bertz CT molecular complexity index is 975. The summed E-state index contributed by atoms with van der Waals surface area (Å²) in [6, 6.07) is 6.91. The molecule has 0 unspecified atom stereocenters. The summed E-state index contributed by atoms with van der Waals surface area (Å²) in [5.74, 6) is -1.24. The van der Waals surface area contributed by atoms with Crippen LogP contribution in [0.3, 0.4) is 0 Å². The van der Waals surface area contributed by atoms with Gasteiger partial charge in [-0.25, -0.2) is 4.79 Å². The number of nitrogens with one attached hydrogen (secondary N) is 2. The summed E-state index contributed by atoms with van der Waals surface area (Å²) in [7, 11) is 0. The van der Waals surface area contributed by atoms with Gasteiger partial charge in [-0.3, -0.25) is 14.4 Å². The summed E-state index contributed by atoms with van der Waals surface area (Å²) in [5.41, 5.74) is 3.04. The molecule has 2 N–H and O–H groups in total. The average molecular weight is 397 g/mol. The van der Waals surface area contributed by atoms with E-state index >= 15 is 0 Å². The summed E-state index contributed by atoms with van der Waals surface area (Å²) in [4.78, 5) is 52.3. The van der Waals surface area contributed by atoms with Gasteiger partial charge in [0.15, 0.2) is 12.4 Å². The third-order valence-electron chi connectivity index (χ3n) is 4.86. The summed E-state index contributed by atoms with van der Waals surface area (Å²) in [5, 5.41) is 2.64.